The SMILES string of the molecule is CCS(=O)(=O)CCNC(c1ccc(OC)cc1)C1CC1. The van der Waals surface area contributed by atoms with Gasteiger partial charge < -0.3 is 10.1 Å². The van der Waals surface area contributed by atoms with Crippen LogP contribution >= 0.6 is 0 Å². The zero-order chi connectivity index (χ0) is 14.6. The second-order valence-corrected chi connectivity index (χ2v) is 7.75. The minimum Gasteiger partial charge on any atom is -0.497 e. The molecule has 4 nitrogen and oxygen atoms in total. The molecule has 0 amide bonds. The third-order valence-electron chi connectivity index (χ3n) is 3.79. The van der Waals surface area contributed by atoms with Crippen molar-refractivity contribution in [2.75, 3.05) is 25.2 Å². The van der Waals surface area contributed by atoms with Crippen molar-refractivity contribution in [2.45, 2.75) is 25.8 Å². The van der Waals surface area contributed by atoms with E-state index in [1.807, 2.05) is 12.1 Å². The van der Waals surface area contributed by atoms with Gasteiger partial charge in [-0.15, -0.1) is 0 Å². The van der Waals surface area contributed by atoms with Gasteiger partial charge in [-0.25, -0.2) is 8.42 Å². The molecule has 1 unspecified atom stereocenters. The smallest absolute Gasteiger partial charge is 0.151 e. The zero-order valence-corrected chi connectivity index (χ0v) is 12.9. The van der Waals surface area contributed by atoms with Crippen LogP contribution in [-0.2, 0) is 9.84 Å². The van der Waals surface area contributed by atoms with E-state index in [1.165, 1.54) is 18.4 Å². The lowest BCUT2D eigenvalue weighted by atomic mass is 10.0. The van der Waals surface area contributed by atoms with Gasteiger partial charge in [0.05, 0.1) is 12.9 Å². The van der Waals surface area contributed by atoms with Crippen LogP contribution in [0.3, 0.4) is 0 Å². The lowest BCUT2D eigenvalue weighted by molar-refractivity contribution is 0.414. The number of benzene rings is 1. The van der Waals surface area contributed by atoms with Gasteiger partial charge in [-0.3, -0.25) is 0 Å². The fourth-order valence-corrected chi connectivity index (χ4v) is 3.03. The molecule has 0 radical (unpaired) electrons. The van der Waals surface area contributed by atoms with E-state index in [1.54, 1.807) is 14.0 Å². The highest BCUT2D eigenvalue weighted by Gasteiger charge is 2.32. The lowest BCUT2D eigenvalue weighted by Crippen LogP contribution is -2.29. The fraction of sp³-hybridized carbons (Fsp3) is 0.600. The maximum Gasteiger partial charge on any atom is 0.151 e. The average molecular weight is 297 g/mol. The van der Waals surface area contributed by atoms with Crippen LogP contribution in [0.1, 0.15) is 31.4 Å². The molecule has 2 rings (SSSR count). The van der Waals surface area contributed by atoms with Gasteiger partial charge in [-0.2, -0.15) is 0 Å². The first-order valence-electron chi connectivity index (χ1n) is 7.13. The van der Waals surface area contributed by atoms with E-state index in [0.29, 0.717) is 12.5 Å². The zero-order valence-electron chi connectivity index (χ0n) is 12.1. The first-order chi connectivity index (χ1) is 9.55. The van der Waals surface area contributed by atoms with Crippen LogP contribution in [0, 0.1) is 5.92 Å². The van der Waals surface area contributed by atoms with Crippen LogP contribution in [0.5, 0.6) is 5.75 Å². The van der Waals surface area contributed by atoms with Crippen molar-refractivity contribution < 1.29 is 13.2 Å². The molecule has 5 heteroatoms. The Morgan fingerprint density at radius 1 is 1.30 bits per heavy atom. The second-order valence-electron chi connectivity index (χ2n) is 5.28. The first-order valence-corrected chi connectivity index (χ1v) is 8.95. The third-order valence-corrected chi connectivity index (χ3v) is 5.49. The number of sulfone groups is 1. The molecule has 1 aliphatic rings. The highest BCUT2D eigenvalue weighted by Crippen LogP contribution is 2.41. The number of hydrogen-bond donors (Lipinski definition) is 1. The summed E-state index contributed by atoms with van der Waals surface area (Å²) in [4.78, 5) is 0. The topological polar surface area (TPSA) is 55.4 Å². The molecule has 20 heavy (non-hydrogen) atoms. The van der Waals surface area contributed by atoms with Gasteiger partial charge in [0.1, 0.15) is 5.75 Å². The van der Waals surface area contributed by atoms with E-state index in [-0.39, 0.29) is 17.5 Å². The monoisotopic (exact) mass is 297 g/mol. The summed E-state index contributed by atoms with van der Waals surface area (Å²) in [5, 5.41) is 3.41. The van der Waals surface area contributed by atoms with Gasteiger partial charge in [0.2, 0.25) is 0 Å². The largest absolute Gasteiger partial charge is 0.497 e. The standard InChI is InChI=1S/C15H23NO3S/c1-3-20(17,18)11-10-16-15(12-4-5-12)13-6-8-14(19-2)9-7-13/h6-9,12,15-16H,3-5,10-11H2,1-2H3. The molecule has 0 aliphatic heterocycles. The van der Waals surface area contributed by atoms with Crippen molar-refractivity contribution in [3.8, 4) is 5.75 Å². The molecular formula is C15H23NO3S. The van der Waals surface area contributed by atoms with E-state index in [0.717, 1.165) is 5.75 Å². The van der Waals surface area contributed by atoms with E-state index < -0.39 is 9.84 Å². The second kappa shape index (κ2) is 6.59. The van der Waals surface area contributed by atoms with Gasteiger partial charge in [0.15, 0.2) is 9.84 Å². The van der Waals surface area contributed by atoms with Crippen molar-refractivity contribution in [3.63, 3.8) is 0 Å². The molecule has 0 saturated heterocycles. The minimum absolute atomic E-state index is 0.211. The van der Waals surface area contributed by atoms with Crippen molar-refractivity contribution in [3.05, 3.63) is 29.8 Å². The maximum atomic E-state index is 11.5. The maximum absolute atomic E-state index is 11.5. The van der Waals surface area contributed by atoms with E-state index in [4.69, 9.17) is 4.74 Å². The van der Waals surface area contributed by atoms with Gasteiger partial charge in [0.25, 0.3) is 0 Å². The Morgan fingerprint density at radius 3 is 2.45 bits per heavy atom. The summed E-state index contributed by atoms with van der Waals surface area (Å²) in [6, 6.07) is 8.28. The predicted octanol–water partition coefficient (Wildman–Crippen LogP) is 2.17. The van der Waals surface area contributed by atoms with Crippen LogP contribution in [0.4, 0.5) is 0 Å². The molecule has 0 aromatic heterocycles. The van der Waals surface area contributed by atoms with Crippen molar-refractivity contribution in [1.29, 1.82) is 0 Å². The summed E-state index contributed by atoms with van der Waals surface area (Å²) < 4.78 is 28.2. The first kappa shape index (κ1) is 15.3. The van der Waals surface area contributed by atoms with Crippen LogP contribution in [0.25, 0.3) is 0 Å². The lowest BCUT2D eigenvalue weighted by Gasteiger charge is -2.19. The van der Waals surface area contributed by atoms with Crippen LogP contribution in [0.2, 0.25) is 0 Å². The summed E-state index contributed by atoms with van der Waals surface area (Å²) in [5.41, 5.74) is 1.21. The van der Waals surface area contributed by atoms with Gasteiger partial charge in [0, 0.05) is 18.3 Å². The molecule has 1 fully saturated rings. The summed E-state index contributed by atoms with van der Waals surface area (Å²) in [6.45, 7) is 2.21. The number of ether oxygens (including phenoxy) is 1. The van der Waals surface area contributed by atoms with Crippen molar-refractivity contribution >= 4 is 9.84 Å². The molecule has 1 atom stereocenters. The molecule has 1 saturated carbocycles. The Morgan fingerprint density at radius 2 is 1.95 bits per heavy atom. The Kier molecular flexibility index (Phi) is 5.05. The molecule has 0 bridgehead atoms. The molecule has 0 heterocycles. The van der Waals surface area contributed by atoms with Gasteiger partial charge >= 0.3 is 0 Å². The fourth-order valence-electron chi connectivity index (χ4n) is 2.31. The molecule has 1 N–H and O–H groups in total. The Hall–Kier alpha value is -1.07. The van der Waals surface area contributed by atoms with Crippen LogP contribution in [0.15, 0.2) is 24.3 Å². The van der Waals surface area contributed by atoms with E-state index in [2.05, 4.69) is 17.4 Å². The summed E-state index contributed by atoms with van der Waals surface area (Å²) in [6.07, 6.45) is 2.43. The van der Waals surface area contributed by atoms with Gasteiger partial charge in [-0.1, -0.05) is 19.1 Å². The van der Waals surface area contributed by atoms with Crippen molar-refractivity contribution in [1.82, 2.24) is 5.32 Å². The Labute approximate surface area is 121 Å². The predicted molar refractivity (Wildman–Crippen MR) is 80.8 cm³/mol. The van der Waals surface area contributed by atoms with Gasteiger partial charge in [-0.05, 0) is 36.5 Å². The van der Waals surface area contributed by atoms with Crippen LogP contribution < -0.4 is 10.1 Å². The highest BCUT2D eigenvalue weighted by molar-refractivity contribution is 7.91. The molecule has 1 aromatic carbocycles. The molecular weight excluding hydrogens is 274 g/mol. The molecule has 112 valence electrons. The average Bonchev–Trinajstić information content (AvgIpc) is 3.28. The van der Waals surface area contributed by atoms with Crippen LogP contribution in [-0.4, -0.2) is 33.6 Å². The van der Waals surface area contributed by atoms with E-state index in [9.17, 15) is 8.42 Å². The summed E-state index contributed by atoms with van der Waals surface area (Å²) in [7, 11) is -1.24. The normalized spacial score (nSPS) is 16.9. The third kappa shape index (κ3) is 4.21. The number of nitrogens with one attached hydrogen (secondary N) is 1. The number of hydrogen-bond acceptors (Lipinski definition) is 4. The molecule has 1 aliphatic carbocycles. The highest BCUT2D eigenvalue weighted by atomic mass is 32.2. The summed E-state index contributed by atoms with van der Waals surface area (Å²) >= 11 is 0. The molecule has 1 aromatic rings. The Bertz CT molecular complexity index is 521. The number of rotatable bonds is 8. The quantitative estimate of drug-likeness (QED) is 0.799. The summed E-state index contributed by atoms with van der Waals surface area (Å²) in [5.74, 6) is 1.90. The van der Waals surface area contributed by atoms with Crippen molar-refractivity contribution in [2.24, 2.45) is 5.92 Å². The van der Waals surface area contributed by atoms with E-state index >= 15 is 0 Å². The minimum atomic E-state index is -2.90. The molecule has 0 spiro atoms. The Balaban J connectivity index is 1.96. The number of methoxy groups -OCH3 is 1.